The minimum atomic E-state index is -0.0528. The topological polar surface area (TPSA) is 0 Å². The van der Waals surface area contributed by atoms with Gasteiger partial charge in [0, 0.05) is 5.41 Å². The third kappa shape index (κ3) is 4.66. The Morgan fingerprint density at radius 3 is 2.00 bits per heavy atom. The van der Waals surface area contributed by atoms with Crippen LogP contribution in [0.2, 0.25) is 0 Å². The predicted molar refractivity (Wildman–Crippen MR) is 216 cm³/mol. The average molecular weight is 643 g/mol. The maximum atomic E-state index is 2.49. The van der Waals surface area contributed by atoms with E-state index in [9.17, 15) is 0 Å². The van der Waals surface area contributed by atoms with Crippen LogP contribution in [0, 0.1) is 6.92 Å². The Morgan fingerprint density at radius 1 is 0.480 bits per heavy atom. The molecule has 0 aliphatic heterocycles. The van der Waals surface area contributed by atoms with Crippen molar-refractivity contribution in [3.8, 4) is 44.5 Å². The molecule has 242 valence electrons. The molecular formula is C50H42. The molecule has 1 atom stereocenters. The first-order chi connectivity index (χ1) is 24.3. The van der Waals surface area contributed by atoms with E-state index in [1.165, 1.54) is 99.1 Å². The Kier molecular flexibility index (Phi) is 7.08. The van der Waals surface area contributed by atoms with Gasteiger partial charge in [0.2, 0.25) is 0 Å². The predicted octanol–water partition coefficient (Wildman–Crippen LogP) is 14.3. The summed E-state index contributed by atoms with van der Waals surface area (Å²) < 4.78 is 0. The molecule has 0 heteroatoms. The SMILES string of the molecule is CCC(C)c1c(-c2ccc3ccccc3c2)cccc1-c1cc(-c2ccc3c(c2)C(C)(C)c2ccccc2-3)cc2c1c(C)cc1ccccc12. The molecule has 0 nitrogen and oxygen atoms in total. The summed E-state index contributed by atoms with van der Waals surface area (Å²) in [6.07, 6.45) is 1.07. The van der Waals surface area contributed by atoms with E-state index >= 15 is 0 Å². The number of hydrogen-bond acceptors (Lipinski definition) is 0. The third-order valence-corrected chi connectivity index (χ3v) is 11.6. The molecule has 1 aliphatic carbocycles. The third-order valence-electron chi connectivity index (χ3n) is 11.6. The van der Waals surface area contributed by atoms with Crippen LogP contribution < -0.4 is 0 Å². The fraction of sp³-hybridized carbons (Fsp3) is 0.160. The summed E-state index contributed by atoms with van der Waals surface area (Å²) in [5.74, 6) is 0.381. The van der Waals surface area contributed by atoms with Crippen LogP contribution in [0.5, 0.6) is 0 Å². The zero-order chi connectivity index (χ0) is 34.1. The number of rotatable bonds is 5. The Bertz CT molecular complexity index is 2630. The second-order valence-electron chi connectivity index (χ2n) is 14.9. The van der Waals surface area contributed by atoms with Crippen LogP contribution >= 0.6 is 0 Å². The summed E-state index contributed by atoms with van der Waals surface area (Å²) in [5.41, 5.74) is 16.1. The van der Waals surface area contributed by atoms with Gasteiger partial charge in [0.1, 0.15) is 0 Å². The average Bonchev–Trinajstić information content (AvgIpc) is 3.39. The van der Waals surface area contributed by atoms with E-state index in [-0.39, 0.29) is 5.41 Å². The summed E-state index contributed by atoms with van der Waals surface area (Å²) in [5, 5.41) is 7.82. The molecule has 0 aromatic heterocycles. The Balaban J connectivity index is 1.34. The van der Waals surface area contributed by atoms with E-state index in [2.05, 4.69) is 180 Å². The van der Waals surface area contributed by atoms with Crippen molar-refractivity contribution in [3.63, 3.8) is 0 Å². The lowest BCUT2D eigenvalue weighted by atomic mass is 9.80. The monoisotopic (exact) mass is 642 g/mol. The molecule has 1 unspecified atom stereocenters. The quantitative estimate of drug-likeness (QED) is 0.164. The van der Waals surface area contributed by atoms with Crippen LogP contribution in [0.15, 0.2) is 146 Å². The van der Waals surface area contributed by atoms with E-state index in [0.717, 1.165) is 6.42 Å². The summed E-state index contributed by atoms with van der Waals surface area (Å²) >= 11 is 0. The molecule has 50 heavy (non-hydrogen) atoms. The van der Waals surface area contributed by atoms with Crippen molar-refractivity contribution >= 4 is 32.3 Å². The first kappa shape index (κ1) is 30.6. The molecule has 0 saturated carbocycles. The van der Waals surface area contributed by atoms with Crippen molar-refractivity contribution in [2.75, 3.05) is 0 Å². The van der Waals surface area contributed by atoms with Gasteiger partial charge < -0.3 is 0 Å². The molecular weight excluding hydrogens is 601 g/mol. The summed E-state index contributed by atoms with van der Waals surface area (Å²) in [4.78, 5) is 0. The zero-order valence-electron chi connectivity index (χ0n) is 29.6. The van der Waals surface area contributed by atoms with Crippen molar-refractivity contribution < 1.29 is 0 Å². The normalized spacial score (nSPS) is 13.9. The first-order valence-electron chi connectivity index (χ1n) is 18.2. The molecule has 0 radical (unpaired) electrons. The Hall–Kier alpha value is -5.46. The van der Waals surface area contributed by atoms with E-state index in [0.29, 0.717) is 5.92 Å². The number of hydrogen-bond donors (Lipinski definition) is 0. The van der Waals surface area contributed by atoms with Crippen LogP contribution in [0.3, 0.4) is 0 Å². The van der Waals surface area contributed by atoms with Crippen molar-refractivity contribution in [2.45, 2.75) is 52.4 Å². The van der Waals surface area contributed by atoms with Gasteiger partial charge in [-0.15, -0.1) is 0 Å². The lowest BCUT2D eigenvalue weighted by Gasteiger charge is -2.24. The fourth-order valence-electron chi connectivity index (χ4n) is 8.86. The molecule has 1 aliphatic rings. The van der Waals surface area contributed by atoms with E-state index in [1.54, 1.807) is 0 Å². The van der Waals surface area contributed by atoms with Crippen molar-refractivity contribution in [2.24, 2.45) is 0 Å². The standard InChI is InChI=1S/C50H42/c1-6-31(2)48-40(37-23-22-33-14-7-8-15-34(33)27-37)19-13-20-43(48)45-29-38(28-44-39-17-10-9-16-36(39)26-32(3)49(44)45)35-24-25-42-41-18-11-12-21-46(41)50(4,5)47(42)30-35/h7-31H,6H2,1-5H3. The van der Waals surface area contributed by atoms with Gasteiger partial charge in [-0.3, -0.25) is 0 Å². The fourth-order valence-corrected chi connectivity index (χ4v) is 8.86. The number of fused-ring (bicyclic) bond motifs is 7. The van der Waals surface area contributed by atoms with Crippen molar-refractivity contribution in [1.29, 1.82) is 0 Å². The minimum Gasteiger partial charge on any atom is -0.0648 e. The lowest BCUT2D eigenvalue weighted by Crippen LogP contribution is -2.14. The highest BCUT2D eigenvalue weighted by molar-refractivity contribution is 6.15. The van der Waals surface area contributed by atoms with Gasteiger partial charge in [0.25, 0.3) is 0 Å². The molecule has 0 fully saturated rings. The summed E-state index contributed by atoms with van der Waals surface area (Å²) in [6, 6.07) is 55.0. The highest BCUT2D eigenvalue weighted by Crippen LogP contribution is 2.50. The zero-order valence-corrected chi connectivity index (χ0v) is 29.6. The van der Waals surface area contributed by atoms with E-state index in [4.69, 9.17) is 0 Å². The Labute approximate surface area is 296 Å². The van der Waals surface area contributed by atoms with Gasteiger partial charge >= 0.3 is 0 Å². The highest BCUT2D eigenvalue weighted by Gasteiger charge is 2.35. The first-order valence-corrected chi connectivity index (χ1v) is 18.2. The molecule has 0 amide bonds. The molecule has 0 bridgehead atoms. The molecule has 0 heterocycles. The number of aryl methyl sites for hydroxylation is 1. The van der Waals surface area contributed by atoms with Crippen LogP contribution in [-0.4, -0.2) is 0 Å². The highest BCUT2D eigenvalue weighted by atomic mass is 14.4. The van der Waals surface area contributed by atoms with Crippen LogP contribution in [0.1, 0.15) is 62.3 Å². The van der Waals surface area contributed by atoms with Gasteiger partial charge in [-0.05, 0) is 143 Å². The molecule has 8 aromatic rings. The van der Waals surface area contributed by atoms with Gasteiger partial charge in [-0.2, -0.15) is 0 Å². The summed E-state index contributed by atoms with van der Waals surface area (Å²) in [6.45, 7) is 11.8. The number of benzene rings is 8. The van der Waals surface area contributed by atoms with Crippen molar-refractivity contribution in [1.82, 2.24) is 0 Å². The van der Waals surface area contributed by atoms with Crippen LogP contribution in [0.4, 0.5) is 0 Å². The van der Waals surface area contributed by atoms with Crippen molar-refractivity contribution in [3.05, 3.63) is 168 Å². The minimum absolute atomic E-state index is 0.0528. The van der Waals surface area contributed by atoms with E-state index in [1.807, 2.05) is 0 Å². The van der Waals surface area contributed by atoms with E-state index < -0.39 is 0 Å². The largest absolute Gasteiger partial charge is 0.0648 e. The second-order valence-corrected chi connectivity index (χ2v) is 14.9. The molecule has 0 saturated heterocycles. The van der Waals surface area contributed by atoms with Gasteiger partial charge in [0.05, 0.1) is 0 Å². The van der Waals surface area contributed by atoms with Gasteiger partial charge in [-0.25, -0.2) is 0 Å². The maximum Gasteiger partial charge on any atom is 0.0159 e. The van der Waals surface area contributed by atoms with Gasteiger partial charge in [-0.1, -0.05) is 149 Å². The summed E-state index contributed by atoms with van der Waals surface area (Å²) in [7, 11) is 0. The lowest BCUT2D eigenvalue weighted by molar-refractivity contribution is 0.660. The smallest absolute Gasteiger partial charge is 0.0159 e. The Morgan fingerprint density at radius 2 is 1.16 bits per heavy atom. The molecule has 0 N–H and O–H groups in total. The molecule has 9 rings (SSSR count). The second kappa shape index (κ2) is 11.6. The molecule has 8 aromatic carbocycles. The molecule has 0 spiro atoms. The maximum absolute atomic E-state index is 2.49. The van der Waals surface area contributed by atoms with Crippen LogP contribution in [0.25, 0.3) is 76.8 Å². The van der Waals surface area contributed by atoms with Gasteiger partial charge in [0.15, 0.2) is 0 Å². The van der Waals surface area contributed by atoms with Crippen LogP contribution in [-0.2, 0) is 5.41 Å².